The lowest BCUT2D eigenvalue weighted by molar-refractivity contribution is 0.186. The Morgan fingerprint density at radius 1 is 1.12 bits per heavy atom. The number of aromatic nitrogens is 2. The Kier molecular flexibility index (Phi) is 5.04. The average molecular weight is 354 g/mol. The monoisotopic (exact) mass is 354 g/mol. The Morgan fingerprint density at radius 2 is 1.92 bits per heavy atom. The number of ether oxygens (including phenoxy) is 1. The molecule has 2 aliphatic rings. The van der Waals surface area contributed by atoms with Crippen LogP contribution in [0.2, 0.25) is 0 Å². The van der Waals surface area contributed by atoms with Gasteiger partial charge in [-0.25, -0.2) is 9.97 Å². The second-order valence-corrected chi connectivity index (χ2v) is 7.20. The zero-order valence-corrected chi connectivity index (χ0v) is 15.2. The first-order chi connectivity index (χ1) is 12.7. The summed E-state index contributed by atoms with van der Waals surface area (Å²) < 4.78 is 5.46. The van der Waals surface area contributed by atoms with E-state index in [1.807, 2.05) is 31.2 Å². The number of rotatable bonds is 4. The lowest BCUT2D eigenvalue weighted by Crippen LogP contribution is -2.46. The normalized spacial score (nSPS) is 21.3. The second kappa shape index (κ2) is 7.60. The van der Waals surface area contributed by atoms with Gasteiger partial charge in [0.25, 0.3) is 0 Å². The molecule has 6 nitrogen and oxygen atoms in total. The molecule has 0 unspecified atom stereocenters. The van der Waals surface area contributed by atoms with Gasteiger partial charge in [0.15, 0.2) is 5.82 Å². The van der Waals surface area contributed by atoms with E-state index < -0.39 is 0 Å². The van der Waals surface area contributed by atoms with Crippen molar-refractivity contribution in [3.63, 3.8) is 0 Å². The largest absolute Gasteiger partial charge is 0.507 e. The van der Waals surface area contributed by atoms with Gasteiger partial charge in [0.1, 0.15) is 11.6 Å². The summed E-state index contributed by atoms with van der Waals surface area (Å²) in [6.45, 7) is 5.65. The van der Waals surface area contributed by atoms with E-state index in [1.165, 1.54) is 0 Å². The summed E-state index contributed by atoms with van der Waals surface area (Å²) in [4.78, 5) is 11.6. The average Bonchev–Trinajstić information content (AvgIpc) is 3.15. The molecule has 0 bridgehead atoms. The van der Waals surface area contributed by atoms with Gasteiger partial charge >= 0.3 is 0 Å². The van der Waals surface area contributed by atoms with Crippen molar-refractivity contribution in [1.82, 2.24) is 15.3 Å². The molecule has 138 valence electrons. The van der Waals surface area contributed by atoms with Crippen LogP contribution in [0.4, 0.5) is 5.82 Å². The standard InChI is InChI=1S/C20H26N4O2/c1-14-12-19(23-20(21-14)17-4-2-3-5-18(17)25)24-9-6-15(7-10-24)22-16-8-11-26-13-16/h2-5,12,15-16,22,25H,6-11,13H2,1H3/t16-/m0/s1. The van der Waals surface area contributed by atoms with Gasteiger partial charge in [-0.1, -0.05) is 12.1 Å². The topological polar surface area (TPSA) is 70.5 Å². The van der Waals surface area contributed by atoms with E-state index in [2.05, 4.69) is 15.2 Å². The first-order valence-electron chi connectivity index (χ1n) is 9.42. The molecule has 26 heavy (non-hydrogen) atoms. The summed E-state index contributed by atoms with van der Waals surface area (Å²) in [6, 6.07) is 10.3. The van der Waals surface area contributed by atoms with Crippen LogP contribution >= 0.6 is 0 Å². The number of hydrogen-bond donors (Lipinski definition) is 2. The SMILES string of the molecule is Cc1cc(N2CCC(N[C@H]3CCOC3)CC2)nc(-c2ccccc2O)n1. The van der Waals surface area contributed by atoms with Gasteiger partial charge in [-0.2, -0.15) is 0 Å². The molecule has 0 amide bonds. The van der Waals surface area contributed by atoms with Crippen molar-refractivity contribution in [2.24, 2.45) is 0 Å². The number of nitrogens with one attached hydrogen (secondary N) is 1. The van der Waals surface area contributed by atoms with E-state index in [9.17, 15) is 5.11 Å². The molecule has 0 saturated carbocycles. The summed E-state index contributed by atoms with van der Waals surface area (Å²) in [5, 5.41) is 13.8. The second-order valence-electron chi connectivity index (χ2n) is 7.20. The van der Waals surface area contributed by atoms with Gasteiger partial charge in [0, 0.05) is 43.5 Å². The molecule has 2 N–H and O–H groups in total. The third kappa shape index (κ3) is 3.81. The Labute approximate surface area is 154 Å². The number of phenols is 1. The molecule has 6 heteroatoms. The summed E-state index contributed by atoms with van der Waals surface area (Å²) >= 11 is 0. The number of piperidine rings is 1. The van der Waals surface area contributed by atoms with Crippen LogP contribution in [0.1, 0.15) is 25.0 Å². The van der Waals surface area contributed by atoms with Crippen LogP contribution in [0.25, 0.3) is 11.4 Å². The molecule has 1 aromatic carbocycles. The van der Waals surface area contributed by atoms with Crippen molar-refractivity contribution in [3.05, 3.63) is 36.0 Å². The predicted octanol–water partition coefficient (Wildman–Crippen LogP) is 2.50. The summed E-state index contributed by atoms with van der Waals surface area (Å²) in [5.41, 5.74) is 1.59. The highest BCUT2D eigenvalue weighted by molar-refractivity contribution is 5.65. The molecule has 2 aliphatic heterocycles. The smallest absolute Gasteiger partial charge is 0.165 e. The van der Waals surface area contributed by atoms with Gasteiger partial charge in [-0.15, -0.1) is 0 Å². The molecular formula is C20H26N4O2. The third-order valence-corrected chi connectivity index (χ3v) is 5.21. The molecule has 1 atom stereocenters. The number of benzene rings is 1. The zero-order valence-electron chi connectivity index (χ0n) is 15.2. The number of hydrogen-bond acceptors (Lipinski definition) is 6. The minimum absolute atomic E-state index is 0.214. The van der Waals surface area contributed by atoms with Crippen molar-refractivity contribution in [2.45, 2.75) is 38.3 Å². The van der Waals surface area contributed by atoms with Crippen molar-refractivity contribution < 1.29 is 9.84 Å². The maximum atomic E-state index is 10.1. The molecule has 1 aromatic heterocycles. The van der Waals surface area contributed by atoms with Crippen molar-refractivity contribution in [2.75, 3.05) is 31.2 Å². The highest BCUT2D eigenvalue weighted by Crippen LogP contribution is 2.28. The van der Waals surface area contributed by atoms with E-state index in [0.29, 0.717) is 23.5 Å². The van der Waals surface area contributed by atoms with Crippen LogP contribution in [-0.4, -0.2) is 53.5 Å². The predicted molar refractivity (Wildman–Crippen MR) is 101 cm³/mol. The minimum Gasteiger partial charge on any atom is -0.507 e. The number of aryl methyl sites for hydroxylation is 1. The minimum atomic E-state index is 0.214. The zero-order chi connectivity index (χ0) is 17.9. The highest BCUT2D eigenvalue weighted by atomic mass is 16.5. The van der Waals surface area contributed by atoms with Crippen LogP contribution in [0, 0.1) is 6.92 Å². The Bertz CT molecular complexity index is 753. The number of para-hydroxylation sites is 1. The molecule has 2 fully saturated rings. The van der Waals surface area contributed by atoms with E-state index in [1.54, 1.807) is 6.07 Å². The fraction of sp³-hybridized carbons (Fsp3) is 0.500. The Morgan fingerprint density at radius 3 is 2.65 bits per heavy atom. The molecule has 2 aromatic rings. The van der Waals surface area contributed by atoms with Crippen LogP contribution in [0.15, 0.2) is 30.3 Å². The maximum Gasteiger partial charge on any atom is 0.165 e. The maximum absolute atomic E-state index is 10.1. The number of phenolic OH excluding ortho intramolecular Hbond substituents is 1. The quantitative estimate of drug-likeness (QED) is 0.879. The molecule has 0 radical (unpaired) electrons. The fourth-order valence-corrected chi connectivity index (χ4v) is 3.77. The summed E-state index contributed by atoms with van der Waals surface area (Å²) in [6.07, 6.45) is 3.33. The number of nitrogens with zero attached hydrogens (tertiary/aromatic N) is 3. The third-order valence-electron chi connectivity index (χ3n) is 5.21. The van der Waals surface area contributed by atoms with Gasteiger partial charge in [-0.05, 0) is 38.3 Å². The molecule has 4 rings (SSSR count). The van der Waals surface area contributed by atoms with Gasteiger partial charge in [0.05, 0.1) is 12.2 Å². The first-order valence-corrected chi connectivity index (χ1v) is 9.42. The molecule has 3 heterocycles. The fourth-order valence-electron chi connectivity index (χ4n) is 3.77. The molecule has 0 aliphatic carbocycles. The van der Waals surface area contributed by atoms with Crippen molar-refractivity contribution in [1.29, 1.82) is 0 Å². The van der Waals surface area contributed by atoms with E-state index in [0.717, 1.165) is 57.1 Å². The van der Waals surface area contributed by atoms with Crippen molar-refractivity contribution >= 4 is 5.82 Å². The van der Waals surface area contributed by atoms with Gasteiger partial charge in [-0.3, -0.25) is 0 Å². The molecular weight excluding hydrogens is 328 g/mol. The summed E-state index contributed by atoms with van der Waals surface area (Å²) in [7, 11) is 0. The van der Waals surface area contributed by atoms with Crippen LogP contribution in [0.3, 0.4) is 0 Å². The van der Waals surface area contributed by atoms with Gasteiger partial charge < -0.3 is 20.1 Å². The molecule has 2 saturated heterocycles. The first kappa shape index (κ1) is 17.2. The van der Waals surface area contributed by atoms with E-state index >= 15 is 0 Å². The number of aromatic hydroxyl groups is 1. The van der Waals surface area contributed by atoms with E-state index in [4.69, 9.17) is 9.72 Å². The number of anilines is 1. The highest BCUT2D eigenvalue weighted by Gasteiger charge is 2.25. The van der Waals surface area contributed by atoms with Crippen molar-refractivity contribution in [3.8, 4) is 17.1 Å². The Hall–Kier alpha value is -2.18. The lowest BCUT2D eigenvalue weighted by Gasteiger charge is -2.34. The summed E-state index contributed by atoms with van der Waals surface area (Å²) in [5.74, 6) is 1.74. The van der Waals surface area contributed by atoms with Crippen LogP contribution < -0.4 is 10.2 Å². The van der Waals surface area contributed by atoms with Crippen LogP contribution in [-0.2, 0) is 4.74 Å². The lowest BCUT2D eigenvalue weighted by atomic mass is 10.0. The van der Waals surface area contributed by atoms with Crippen LogP contribution in [0.5, 0.6) is 5.75 Å². The molecule has 0 spiro atoms. The van der Waals surface area contributed by atoms with E-state index in [-0.39, 0.29) is 5.75 Å². The van der Waals surface area contributed by atoms with Gasteiger partial charge in [0.2, 0.25) is 0 Å². The Balaban J connectivity index is 1.46.